The molecule has 0 unspecified atom stereocenters. The van der Waals surface area contributed by atoms with Gasteiger partial charge < -0.3 is 9.73 Å². The molecule has 9 heteroatoms. The van der Waals surface area contributed by atoms with Crippen molar-refractivity contribution in [3.8, 4) is 34.0 Å². The molecule has 8 nitrogen and oxygen atoms in total. The fourth-order valence-corrected chi connectivity index (χ4v) is 4.52. The van der Waals surface area contributed by atoms with Gasteiger partial charge >= 0.3 is 0 Å². The summed E-state index contributed by atoms with van der Waals surface area (Å²) in [6.45, 7) is 6.50. The van der Waals surface area contributed by atoms with E-state index < -0.39 is 0 Å². The van der Waals surface area contributed by atoms with Crippen LogP contribution >= 0.6 is 11.6 Å². The van der Waals surface area contributed by atoms with E-state index in [0.29, 0.717) is 28.2 Å². The normalized spacial score (nSPS) is 14.0. The third kappa shape index (κ3) is 4.60. The first-order chi connectivity index (χ1) is 16.5. The number of aromatic nitrogens is 4. The molecule has 4 heterocycles. The van der Waals surface area contributed by atoms with Crippen molar-refractivity contribution in [2.75, 3.05) is 18.4 Å². The van der Waals surface area contributed by atoms with E-state index in [1.54, 1.807) is 12.3 Å². The van der Waals surface area contributed by atoms with Gasteiger partial charge in [-0.3, -0.25) is 14.8 Å². The van der Waals surface area contributed by atoms with E-state index in [-0.39, 0.29) is 5.91 Å². The van der Waals surface area contributed by atoms with Gasteiger partial charge in [-0.05, 0) is 68.2 Å². The molecule has 0 saturated carbocycles. The monoisotopic (exact) mass is 476 g/mol. The Balaban J connectivity index is 1.61. The van der Waals surface area contributed by atoms with Crippen LogP contribution in [0, 0.1) is 6.92 Å². The van der Waals surface area contributed by atoms with Crippen LogP contribution < -0.4 is 5.32 Å². The van der Waals surface area contributed by atoms with Gasteiger partial charge in [0.25, 0.3) is 0 Å². The van der Waals surface area contributed by atoms with Crippen molar-refractivity contribution in [3.05, 3.63) is 59.0 Å². The smallest absolute Gasteiger partial charge is 0.222 e. The molecule has 3 aromatic heterocycles. The molecular weight excluding hydrogens is 452 g/mol. The highest BCUT2D eigenvalue weighted by atomic mass is 35.5. The lowest BCUT2D eigenvalue weighted by Gasteiger charge is -2.15. The lowest BCUT2D eigenvalue weighted by Crippen LogP contribution is -2.18. The number of pyridine rings is 1. The molecule has 1 fully saturated rings. The number of amides is 1. The topological polar surface area (TPSA) is 99.9 Å². The van der Waals surface area contributed by atoms with Crippen LogP contribution in [0.15, 0.2) is 47.3 Å². The number of aryl methyl sites for hydroxylation is 1. The van der Waals surface area contributed by atoms with Crippen LogP contribution in [0.3, 0.4) is 0 Å². The molecule has 0 aliphatic carbocycles. The molecule has 1 aromatic carbocycles. The molecule has 2 N–H and O–H groups in total. The summed E-state index contributed by atoms with van der Waals surface area (Å²) in [4.78, 5) is 22.6. The van der Waals surface area contributed by atoms with Gasteiger partial charge in [-0.25, -0.2) is 9.97 Å². The zero-order valence-corrected chi connectivity index (χ0v) is 19.8. The first-order valence-corrected chi connectivity index (χ1v) is 11.6. The molecule has 5 rings (SSSR count). The summed E-state index contributed by atoms with van der Waals surface area (Å²) in [5.74, 6) is 2.08. The highest BCUT2D eigenvalue weighted by molar-refractivity contribution is 6.33. The van der Waals surface area contributed by atoms with Crippen LogP contribution in [-0.2, 0) is 11.3 Å². The van der Waals surface area contributed by atoms with Crippen molar-refractivity contribution in [3.63, 3.8) is 0 Å². The zero-order chi connectivity index (χ0) is 23.7. The summed E-state index contributed by atoms with van der Waals surface area (Å²) in [5.41, 5.74) is 4.45. The van der Waals surface area contributed by atoms with Crippen molar-refractivity contribution in [2.45, 2.75) is 33.2 Å². The van der Waals surface area contributed by atoms with Gasteiger partial charge in [0.1, 0.15) is 23.7 Å². The van der Waals surface area contributed by atoms with Gasteiger partial charge in [0.05, 0.1) is 10.6 Å². The first kappa shape index (κ1) is 22.3. The molecule has 4 aromatic rings. The van der Waals surface area contributed by atoms with Crippen molar-refractivity contribution >= 4 is 23.3 Å². The number of hydrogen-bond acceptors (Lipinski definition) is 6. The molecule has 1 amide bonds. The van der Waals surface area contributed by atoms with Gasteiger partial charge in [0.2, 0.25) is 5.91 Å². The Hall–Kier alpha value is -3.49. The summed E-state index contributed by atoms with van der Waals surface area (Å²) in [6, 6.07) is 9.79. The number of benzene rings is 1. The predicted molar refractivity (Wildman–Crippen MR) is 131 cm³/mol. The second-order valence-corrected chi connectivity index (χ2v) is 8.96. The van der Waals surface area contributed by atoms with Gasteiger partial charge in [0, 0.05) is 30.8 Å². The van der Waals surface area contributed by atoms with Gasteiger partial charge in [0.15, 0.2) is 5.82 Å². The fourth-order valence-electron chi connectivity index (χ4n) is 4.32. The molecule has 0 spiro atoms. The molecule has 34 heavy (non-hydrogen) atoms. The number of nitrogens with zero attached hydrogens (tertiary/aromatic N) is 4. The molecule has 1 aliphatic rings. The molecule has 174 valence electrons. The highest BCUT2D eigenvalue weighted by Gasteiger charge is 2.22. The molecule has 0 radical (unpaired) electrons. The molecule has 0 bridgehead atoms. The Morgan fingerprint density at radius 2 is 1.97 bits per heavy atom. The Kier molecular flexibility index (Phi) is 6.17. The number of halogens is 1. The SMILES string of the molecule is CC(=O)Nc1cc(-c2cc(-c3ncn[nH]3)c(-c3cc(CN4CCCC4)ccc3Cl)o2)c(C)cn1. The summed E-state index contributed by atoms with van der Waals surface area (Å²) < 4.78 is 6.43. The number of aromatic amines is 1. The quantitative estimate of drug-likeness (QED) is 0.391. The highest BCUT2D eigenvalue weighted by Crippen LogP contribution is 2.41. The summed E-state index contributed by atoms with van der Waals surface area (Å²) in [7, 11) is 0. The van der Waals surface area contributed by atoms with E-state index in [1.807, 2.05) is 19.1 Å². The molecular formula is C25H25ClN6O2. The average molecular weight is 477 g/mol. The lowest BCUT2D eigenvalue weighted by atomic mass is 10.0. The molecule has 1 saturated heterocycles. The minimum atomic E-state index is -0.189. The summed E-state index contributed by atoms with van der Waals surface area (Å²) >= 11 is 6.67. The Bertz CT molecular complexity index is 1330. The third-order valence-electron chi connectivity index (χ3n) is 5.96. The maximum atomic E-state index is 11.5. The number of H-pyrrole nitrogens is 1. The maximum absolute atomic E-state index is 11.5. The van der Waals surface area contributed by atoms with E-state index in [2.05, 4.69) is 42.5 Å². The number of anilines is 1. The Labute approximate surface area is 202 Å². The second kappa shape index (κ2) is 9.40. The minimum absolute atomic E-state index is 0.189. The van der Waals surface area contributed by atoms with Crippen LogP contribution in [0.4, 0.5) is 5.82 Å². The van der Waals surface area contributed by atoms with Crippen LogP contribution in [0.5, 0.6) is 0 Å². The van der Waals surface area contributed by atoms with Crippen LogP contribution in [0.2, 0.25) is 5.02 Å². The average Bonchev–Trinajstić information content (AvgIpc) is 3.58. The van der Waals surface area contributed by atoms with Crippen molar-refractivity contribution in [2.24, 2.45) is 0 Å². The van der Waals surface area contributed by atoms with Crippen molar-refractivity contribution in [1.82, 2.24) is 25.1 Å². The number of rotatable bonds is 6. The van der Waals surface area contributed by atoms with Crippen LogP contribution in [0.25, 0.3) is 34.0 Å². The maximum Gasteiger partial charge on any atom is 0.222 e. The van der Waals surface area contributed by atoms with Crippen LogP contribution in [-0.4, -0.2) is 44.1 Å². The van der Waals surface area contributed by atoms with E-state index >= 15 is 0 Å². The van der Waals surface area contributed by atoms with Crippen molar-refractivity contribution in [1.29, 1.82) is 0 Å². The Morgan fingerprint density at radius 3 is 2.71 bits per heavy atom. The summed E-state index contributed by atoms with van der Waals surface area (Å²) in [5, 5.41) is 10.3. The summed E-state index contributed by atoms with van der Waals surface area (Å²) in [6.07, 6.45) is 5.65. The third-order valence-corrected chi connectivity index (χ3v) is 6.28. The Morgan fingerprint density at radius 1 is 1.15 bits per heavy atom. The predicted octanol–water partition coefficient (Wildman–Crippen LogP) is 5.31. The second-order valence-electron chi connectivity index (χ2n) is 8.55. The van der Waals surface area contributed by atoms with Gasteiger partial charge in [-0.2, -0.15) is 5.10 Å². The number of nitrogens with one attached hydrogen (secondary N) is 2. The van der Waals surface area contributed by atoms with E-state index in [1.165, 1.54) is 31.7 Å². The number of carbonyl (C=O) groups excluding carboxylic acids is 1. The van der Waals surface area contributed by atoms with Crippen LogP contribution in [0.1, 0.15) is 30.9 Å². The number of furan rings is 1. The zero-order valence-electron chi connectivity index (χ0n) is 19.1. The molecule has 1 aliphatic heterocycles. The fraction of sp³-hybridized carbons (Fsp3) is 0.280. The van der Waals surface area contributed by atoms with Gasteiger partial charge in [-0.15, -0.1) is 0 Å². The van der Waals surface area contributed by atoms with E-state index in [4.69, 9.17) is 16.0 Å². The number of likely N-dealkylation sites (tertiary alicyclic amines) is 1. The number of carbonyl (C=O) groups is 1. The first-order valence-electron chi connectivity index (χ1n) is 11.2. The minimum Gasteiger partial charge on any atom is -0.455 e. The number of hydrogen-bond donors (Lipinski definition) is 2. The van der Waals surface area contributed by atoms with E-state index in [9.17, 15) is 4.79 Å². The largest absolute Gasteiger partial charge is 0.455 e. The van der Waals surface area contributed by atoms with Gasteiger partial charge in [-0.1, -0.05) is 17.7 Å². The lowest BCUT2D eigenvalue weighted by molar-refractivity contribution is -0.114. The standard InChI is InChI=1S/C25H25ClN6O2/c1-15-12-27-23(30-16(2)33)11-18(15)22-10-20(25-28-14-29-31-25)24(34-22)19-9-17(5-6-21(19)26)13-32-7-3-4-8-32/h5-6,9-12,14H,3-4,7-8,13H2,1-2H3,(H,27,30,33)(H,28,29,31). The van der Waals surface area contributed by atoms with Crippen molar-refractivity contribution < 1.29 is 9.21 Å². The van der Waals surface area contributed by atoms with E-state index in [0.717, 1.165) is 41.9 Å². The molecule has 0 atom stereocenters.